The van der Waals surface area contributed by atoms with Crippen molar-refractivity contribution in [3.8, 4) is 5.75 Å². The van der Waals surface area contributed by atoms with Crippen LogP contribution in [0.3, 0.4) is 0 Å². The van der Waals surface area contributed by atoms with Crippen LogP contribution < -0.4 is 15.5 Å². The van der Waals surface area contributed by atoms with Gasteiger partial charge in [-0.25, -0.2) is 0 Å². The van der Waals surface area contributed by atoms with Crippen LogP contribution in [-0.2, 0) is 0 Å². The predicted octanol–water partition coefficient (Wildman–Crippen LogP) is 2.29. The lowest BCUT2D eigenvalue weighted by Crippen LogP contribution is -2.31. The normalized spacial score (nSPS) is 10.3. The Morgan fingerprint density at radius 1 is 1.39 bits per heavy atom. The van der Waals surface area contributed by atoms with Gasteiger partial charge in [0.05, 0.1) is 12.8 Å². The van der Waals surface area contributed by atoms with E-state index < -0.39 is 0 Å². The lowest BCUT2D eigenvalue weighted by atomic mass is 10.2. The van der Waals surface area contributed by atoms with Crippen LogP contribution in [0.2, 0.25) is 0 Å². The van der Waals surface area contributed by atoms with Gasteiger partial charge >= 0.3 is 0 Å². The standard InChI is InChI=1S/C13H19N3OS/c1-3-9-17-12-8-6-5-7-11(12)10-15-16-13(18)14-4-2/h5-8,10H,3-4,9H2,1-2H3,(H2,14,16,18)/b15-10+. The second-order valence-electron chi connectivity index (χ2n) is 3.62. The van der Waals surface area contributed by atoms with Crippen LogP contribution in [-0.4, -0.2) is 24.5 Å². The number of nitrogens with one attached hydrogen (secondary N) is 2. The maximum absolute atomic E-state index is 5.62. The highest BCUT2D eigenvalue weighted by Gasteiger charge is 1.99. The molecule has 0 fully saturated rings. The molecule has 2 N–H and O–H groups in total. The highest BCUT2D eigenvalue weighted by molar-refractivity contribution is 7.80. The number of ether oxygens (including phenoxy) is 1. The number of hydrogen-bond acceptors (Lipinski definition) is 3. The van der Waals surface area contributed by atoms with Gasteiger partial charge in [0, 0.05) is 12.1 Å². The van der Waals surface area contributed by atoms with E-state index in [2.05, 4.69) is 22.8 Å². The number of nitrogens with zero attached hydrogens (tertiary/aromatic N) is 1. The van der Waals surface area contributed by atoms with E-state index in [0.717, 1.165) is 24.3 Å². The number of thiocarbonyl (C=S) groups is 1. The number of rotatable bonds is 6. The smallest absolute Gasteiger partial charge is 0.186 e. The number of hydrogen-bond donors (Lipinski definition) is 2. The van der Waals surface area contributed by atoms with Crippen molar-refractivity contribution in [3.05, 3.63) is 29.8 Å². The fourth-order valence-electron chi connectivity index (χ4n) is 1.29. The molecule has 0 heterocycles. The van der Waals surface area contributed by atoms with Crippen LogP contribution >= 0.6 is 12.2 Å². The fourth-order valence-corrected chi connectivity index (χ4v) is 1.49. The Bertz CT molecular complexity index is 407. The maximum atomic E-state index is 5.62. The SMILES string of the molecule is CCCOc1ccccc1/C=N/NC(=S)NCC. The maximum Gasteiger partial charge on any atom is 0.186 e. The molecule has 1 rings (SSSR count). The molecule has 0 aliphatic heterocycles. The van der Waals surface area contributed by atoms with E-state index in [-0.39, 0.29) is 0 Å². The first-order chi connectivity index (χ1) is 8.77. The molecule has 0 amide bonds. The molecule has 0 aromatic heterocycles. The minimum Gasteiger partial charge on any atom is -0.493 e. The number of hydrazone groups is 1. The number of benzene rings is 1. The summed E-state index contributed by atoms with van der Waals surface area (Å²) in [7, 11) is 0. The Hall–Kier alpha value is -1.62. The predicted molar refractivity (Wildman–Crippen MR) is 79.2 cm³/mol. The van der Waals surface area contributed by atoms with Gasteiger partial charge in [-0.3, -0.25) is 5.43 Å². The Balaban J connectivity index is 2.59. The van der Waals surface area contributed by atoms with Crippen molar-refractivity contribution in [2.75, 3.05) is 13.2 Å². The highest BCUT2D eigenvalue weighted by Crippen LogP contribution is 2.15. The largest absolute Gasteiger partial charge is 0.493 e. The molecule has 1 aromatic carbocycles. The van der Waals surface area contributed by atoms with E-state index in [9.17, 15) is 0 Å². The zero-order valence-electron chi connectivity index (χ0n) is 10.8. The highest BCUT2D eigenvalue weighted by atomic mass is 32.1. The van der Waals surface area contributed by atoms with Crippen molar-refractivity contribution in [2.24, 2.45) is 5.10 Å². The summed E-state index contributed by atoms with van der Waals surface area (Å²) in [4.78, 5) is 0. The Kier molecular flexibility index (Phi) is 6.79. The van der Waals surface area contributed by atoms with Crippen molar-refractivity contribution in [2.45, 2.75) is 20.3 Å². The summed E-state index contributed by atoms with van der Waals surface area (Å²) in [5, 5.41) is 7.54. The van der Waals surface area contributed by atoms with Gasteiger partial charge in [-0.1, -0.05) is 19.1 Å². The topological polar surface area (TPSA) is 45.6 Å². The third kappa shape index (κ3) is 5.14. The van der Waals surface area contributed by atoms with E-state index >= 15 is 0 Å². The summed E-state index contributed by atoms with van der Waals surface area (Å²) < 4.78 is 5.62. The van der Waals surface area contributed by atoms with Crippen molar-refractivity contribution in [1.82, 2.24) is 10.7 Å². The van der Waals surface area contributed by atoms with Gasteiger partial charge < -0.3 is 10.1 Å². The summed E-state index contributed by atoms with van der Waals surface area (Å²) in [5.74, 6) is 0.833. The summed E-state index contributed by atoms with van der Waals surface area (Å²) >= 11 is 5.00. The minimum atomic E-state index is 0.515. The third-order valence-electron chi connectivity index (χ3n) is 2.09. The van der Waals surface area contributed by atoms with Crippen molar-refractivity contribution >= 4 is 23.5 Å². The summed E-state index contributed by atoms with van der Waals surface area (Å²) in [5.41, 5.74) is 3.68. The average molecular weight is 265 g/mol. The molecule has 0 saturated heterocycles. The van der Waals surface area contributed by atoms with Gasteiger partial charge in [-0.05, 0) is 37.7 Å². The molecule has 98 valence electrons. The number of para-hydroxylation sites is 1. The second kappa shape index (κ2) is 8.47. The quantitative estimate of drug-likeness (QED) is 0.470. The molecule has 5 heteroatoms. The van der Waals surface area contributed by atoms with E-state index in [4.69, 9.17) is 17.0 Å². The van der Waals surface area contributed by atoms with Gasteiger partial charge in [0.2, 0.25) is 0 Å². The third-order valence-corrected chi connectivity index (χ3v) is 2.32. The van der Waals surface area contributed by atoms with E-state index in [1.807, 2.05) is 31.2 Å². The summed E-state index contributed by atoms with van der Waals surface area (Å²) in [6, 6.07) is 7.77. The summed E-state index contributed by atoms with van der Waals surface area (Å²) in [6.45, 7) is 5.53. The molecule has 0 unspecified atom stereocenters. The Morgan fingerprint density at radius 3 is 2.89 bits per heavy atom. The van der Waals surface area contributed by atoms with E-state index in [1.54, 1.807) is 6.21 Å². The van der Waals surface area contributed by atoms with Gasteiger partial charge in [0.1, 0.15) is 5.75 Å². The summed E-state index contributed by atoms with van der Waals surface area (Å²) in [6.07, 6.45) is 2.68. The molecule has 0 spiro atoms. The molecular weight excluding hydrogens is 246 g/mol. The first kappa shape index (κ1) is 14.4. The van der Waals surface area contributed by atoms with E-state index in [1.165, 1.54) is 0 Å². The molecule has 0 aliphatic carbocycles. The Labute approximate surface area is 113 Å². The lowest BCUT2D eigenvalue weighted by Gasteiger charge is -2.07. The molecule has 18 heavy (non-hydrogen) atoms. The molecule has 1 aromatic rings. The van der Waals surface area contributed by atoms with Gasteiger partial charge in [0.15, 0.2) is 5.11 Å². The van der Waals surface area contributed by atoms with Crippen molar-refractivity contribution < 1.29 is 4.74 Å². The van der Waals surface area contributed by atoms with Gasteiger partial charge in [-0.2, -0.15) is 5.10 Å². The first-order valence-electron chi connectivity index (χ1n) is 6.06. The average Bonchev–Trinajstić information content (AvgIpc) is 2.38. The van der Waals surface area contributed by atoms with Crippen LogP contribution in [0.25, 0.3) is 0 Å². The van der Waals surface area contributed by atoms with Crippen molar-refractivity contribution in [1.29, 1.82) is 0 Å². The molecule has 0 radical (unpaired) electrons. The second-order valence-corrected chi connectivity index (χ2v) is 4.02. The first-order valence-corrected chi connectivity index (χ1v) is 6.47. The van der Waals surface area contributed by atoms with Crippen LogP contribution in [0.5, 0.6) is 5.75 Å². The molecule has 4 nitrogen and oxygen atoms in total. The zero-order valence-corrected chi connectivity index (χ0v) is 11.6. The molecular formula is C13H19N3OS. The molecule has 0 bridgehead atoms. The van der Waals surface area contributed by atoms with Crippen LogP contribution in [0.15, 0.2) is 29.4 Å². The molecule has 0 saturated carbocycles. The van der Waals surface area contributed by atoms with Crippen LogP contribution in [0, 0.1) is 0 Å². The van der Waals surface area contributed by atoms with Gasteiger partial charge in [0.25, 0.3) is 0 Å². The molecule has 0 aliphatic rings. The Morgan fingerprint density at radius 2 is 2.17 bits per heavy atom. The zero-order chi connectivity index (χ0) is 13.2. The van der Waals surface area contributed by atoms with Crippen LogP contribution in [0.1, 0.15) is 25.8 Å². The van der Waals surface area contributed by atoms with Crippen LogP contribution in [0.4, 0.5) is 0 Å². The molecule has 0 atom stereocenters. The van der Waals surface area contributed by atoms with E-state index in [0.29, 0.717) is 11.7 Å². The fraction of sp³-hybridized carbons (Fsp3) is 0.385. The van der Waals surface area contributed by atoms with Crippen molar-refractivity contribution in [3.63, 3.8) is 0 Å². The minimum absolute atomic E-state index is 0.515. The monoisotopic (exact) mass is 265 g/mol. The van der Waals surface area contributed by atoms with Gasteiger partial charge in [-0.15, -0.1) is 0 Å². The lowest BCUT2D eigenvalue weighted by molar-refractivity contribution is 0.317.